The number of H-pyrrole nitrogens is 1. The van der Waals surface area contributed by atoms with E-state index in [2.05, 4.69) is 58.1 Å². The van der Waals surface area contributed by atoms with E-state index in [1.165, 1.54) is 26.7 Å². The lowest BCUT2D eigenvalue weighted by Crippen LogP contribution is -2.81. The van der Waals surface area contributed by atoms with Crippen molar-refractivity contribution in [2.24, 2.45) is 11.3 Å². The Morgan fingerprint density at radius 1 is 1.00 bits per heavy atom. The number of nitrogens with zero attached hydrogens (tertiary/aromatic N) is 3. The Morgan fingerprint density at radius 3 is 2.48 bits per heavy atom. The van der Waals surface area contributed by atoms with Gasteiger partial charge < -0.3 is 33.9 Å². The normalized spacial score (nSPS) is 34.7. The van der Waals surface area contributed by atoms with E-state index in [0.717, 1.165) is 65.9 Å². The first-order chi connectivity index (χ1) is 27.9. The number of rotatable bonds is 7. The number of aromatic nitrogens is 1. The molecule has 1 spiro atoms. The lowest BCUT2D eigenvalue weighted by molar-refractivity contribution is -0.228. The van der Waals surface area contributed by atoms with Gasteiger partial charge >= 0.3 is 17.9 Å². The zero-order valence-electron chi connectivity index (χ0n) is 34.7. The standard InChI is InChI=1S/C46H56N4O8/c1-8-28-21-29-24-45(41(52)56-6,37-31(15-19-49(25-28)26-29)30-13-10-11-14-34(30)47-37)33-22-32-35(23-36(33)55-5)48(4)39-44(32)17-20-50-18-12-16-43(9-2,38(44)50)40(58-27(3)51)46(39,54)42(53)57-7/h10-14,16,21-23,29,38-40,47,54H,8-9,15,17-20,24-26H2,1-7H3/t29-,38-,39+,40+,43+,44?,45-,46-/m0/s1. The number of methoxy groups -OCH3 is 3. The second-order valence-electron chi connectivity index (χ2n) is 17.5. The minimum absolute atomic E-state index is 0.0217. The van der Waals surface area contributed by atoms with Crippen LogP contribution in [-0.4, -0.2) is 123 Å². The molecule has 2 unspecified atom stereocenters. The molecule has 1 aliphatic carbocycles. The molecule has 58 heavy (non-hydrogen) atoms. The third kappa shape index (κ3) is 4.94. The Kier molecular flexibility index (Phi) is 9.18. The van der Waals surface area contributed by atoms with Gasteiger partial charge in [0.1, 0.15) is 11.2 Å². The van der Waals surface area contributed by atoms with E-state index < -0.39 is 45.9 Å². The first-order valence-corrected chi connectivity index (χ1v) is 20.8. The average Bonchev–Trinajstić information content (AvgIpc) is 3.89. The second kappa shape index (κ2) is 13.7. The van der Waals surface area contributed by atoms with Crippen molar-refractivity contribution in [3.05, 3.63) is 82.6 Å². The van der Waals surface area contributed by atoms with Crippen molar-refractivity contribution in [3.63, 3.8) is 0 Å². The van der Waals surface area contributed by atoms with Gasteiger partial charge in [-0.25, -0.2) is 4.79 Å². The maximum Gasteiger partial charge on any atom is 0.344 e. The fraction of sp³-hybridized carbons (Fsp3) is 0.543. The molecule has 0 radical (unpaired) electrons. The van der Waals surface area contributed by atoms with Crippen LogP contribution in [0, 0.1) is 11.3 Å². The van der Waals surface area contributed by atoms with Crippen LogP contribution >= 0.6 is 0 Å². The highest BCUT2D eigenvalue weighted by Gasteiger charge is 2.80. The fourth-order valence-corrected chi connectivity index (χ4v) is 13.0. The smallest absolute Gasteiger partial charge is 0.344 e. The number of esters is 3. The van der Waals surface area contributed by atoms with Crippen molar-refractivity contribution in [2.75, 3.05) is 66.0 Å². The Bertz CT molecular complexity index is 2270. The third-order valence-corrected chi connectivity index (χ3v) is 15.1. The maximum atomic E-state index is 15.3. The molecule has 6 heterocycles. The number of benzene rings is 2. The predicted octanol–water partition coefficient (Wildman–Crippen LogP) is 4.80. The number of aliphatic hydroxyl groups is 1. The number of ether oxygens (including phenoxy) is 4. The topological polar surface area (TPSA) is 134 Å². The Balaban J connectivity index is 1.37. The monoisotopic (exact) mass is 792 g/mol. The van der Waals surface area contributed by atoms with Crippen molar-refractivity contribution in [1.82, 2.24) is 14.8 Å². The zero-order chi connectivity index (χ0) is 40.9. The first-order valence-electron chi connectivity index (χ1n) is 20.8. The Hall–Kier alpha value is -4.65. The molecule has 9 rings (SSSR count). The molecule has 2 N–H and O–H groups in total. The molecular weight excluding hydrogens is 737 g/mol. The van der Waals surface area contributed by atoms with Crippen LogP contribution in [0.4, 0.5) is 5.69 Å². The first kappa shape index (κ1) is 38.8. The third-order valence-electron chi connectivity index (χ3n) is 15.1. The summed E-state index contributed by atoms with van der Waals surface area (Å²) in [4.78, 5) is 53.4. The van der Waals surface area contributed by atoms with Gasteiger partial charge in [-0.3, -0.25) is 19.4 Å². The van der Waals surface area contributed by atoms with Crippen molar-refractivity contribution in [2.45, 2.75) is 87.5 Å². The Labute approximate surface area is 340 Å². The highest BCUT2D eigenvalue weighted by molar-refractivity contribution is 5.95. The molecule has 9 atom stereocenters. The summed E-state index contributed by atoms with van der Waals surface area (Å²) in [6.45, 7) is 9.44. The number of fused-ring (bicyclic) bond motifs is 6. The molecule has 308 valence electrons. The molecule has 2 fully saturated rings. The number of anilines is 1. The number of hydrogen-bond donors (Lipinski definition) is 2. The van der Waals surface area contributed by atoms with Crippen LogP contribution in [0.3, 0.4) is 0 Å². The van der Waals surface area contributed by atoms with E-state index in [4.69, 9.17) is 18.9 Å². The van der Waals surface area contributed by atoms with E-state index in [9.17, 15) is 14.7 Å². The predicted molar refractivity (Wildman–Crippen MR) is 219 cm³/mol. The summed E-state index contributed by atoms with van der Waals surface area (Å²) in [5, 5.41) is 14.4. The van der Waals surface area contributed by atoms with E-state index >= 15 is 4.79 Å². The van der Waals surface area contributed by atoms with Gasteiger partial charge in [0.05, 0.1) is 27.4 Å². The maximum absolute atomic E-state index is 15.3. The molecule has 12 nitrogen and oxygen atoms in total. The highest BCUT2D eigenvalue weighted by atomic mass is 16.6. The molecule has 0 amide bonds. The minimum Gasteiger partial charge on any atom is -0.496 e. The number of likely N-dealkylation sites (N-methyl/N-ethyl adjacent to an activating group) is 1. The van der Waals surface area contributed by atoms with Crippen LogP contribution in [0.2, 0.25) is 0 Å². The van der Waals surface area contributed by atoms with Crippen LogP contribution in [0.1, 0.15) is 68.8 Å². The van der Waals surface area contributed by atoms with Gasteiger partial charge in [0.15, 0.2) is 6.10 Å². The van der Waals surface area contributed by atoms with Crippen molar-refractivity contribution >= 4 is 34.5 Å². The summed E-state index contributed by atoms with van der Waals surface area (Å²) in [5.74, 6) is -1.31. The zero-order valence-corrected chi connectivity index (χ0v) is 34.7. The van der Waals surface area contributed by atoms with E-state index in [-0.39, 0.29) is 17.9 Å². The molecule has 12 heteroatoms. The van der Waals surface area contributed by atoms with E-state index in [0.29, 0.717) is 43.7 Å². The second-order valence-corrected chi connectivity index (χ2v) is 17.5. The SMILES string of the molecule is CCC1=C[C@@H]2CN(CCc3c([nH]c4ccccc34)[C@@](C(=O)OC)(c3cc4c(cc3OC)N(C)[C@@H]3C45CCN4CC=C[C@](CC)([C@H]45)[C@@H](OC(C)=O)[C@]3(O)C(=O)OC)C2)C1. The van der Waals surface area contributed by atoms with Crippen LogP contribution in [0.25, 0.3) is 10.9 Å². The molecule has 1 saturated heterocycles. The summed E-state index contributed by atoms with van der Waals surface area (Å²) in [6.07, 6.45) is 8.43. The summed E-state index contributed by atoms with van der Waals surface area (Å²) in [6, 6.07) is 11.2. The average molecular weight is 793 g/mol. The molecule has 6 aliphatic rings. The van der Waals surface area contributed by atoms with Crippen LogP contribution in [0.15, 0.2) is 60.2 Å². The quantitative estimate of drug-likeness (QED) is 0.194. The van der Waals surface area contributed by atoms with Crippen molar-refractivity contribution < 1.29 is 38.4 Å². The van der Waals surface area contributed by atoms with Crippen LogP contribution in [-0.2, 0) is 45.8 Å². The lowest BCUT2D eigenvalue weighted by Gasteiger charge is -2.63. The van der Waals surface area contributed by atoms with Gasteiger partial charge in [-0.15, -0.1) is 0 Å². The minimum atomic E-state index is -2.28. The van der Waals surface area contributed by atoms with Gasteiger partial charge in [-0.2, -0.15) is 0 Å². The summed E-state index contributed by atoms with van der Waals surface area (Å²) >= 11 is 0. The largest absolute Gasteiger partial charge is 0.496 e. The fourth-order valence-electron chi connectivity index (χ4n) is 13.0. The van der Waals surface area contributed by atoms with Gasteiger partial charge in [-0.05, 0) is 67.8 Å². The molecule has 2 aromatic carbocycles. The number of para-hydroxylation sites is 1. The number of carbonyl (C=O) groups is 3. The van der Waals surface area contributed by atoms with Gasteiger partial charge in [0.25, 0.3) is 0 Å². The van der Waals surface area contributed by atoms with Crippen LogP contribution < -0.4 is 9.64 Å². The van der Waals surface area contributed by atoms with Crippen molar-refractivity contribution in [3.8, 4) is 5.75 Å². The van der Waals surface area contributed by atoms with Gasteiger partial charge in [-0.1, -0.05) is 55.8 Å². The summed E-state index contributed by atoms with van der Waals surface area (Å²) < 4.78 is 24.0. The number of nitrogens with one attached hydrogen (secondary N) is 1. The number of carbonyl (C=O) groups excluding carboxylic acids is 3. The van der Waals surface area contributed by atoms with Gasteiger partial charge in [0.2, 0.25) is 5.60 Å². The van der Waals surface area contributed by atoms with Crippen molar-refractivity contribution in [1.29, 1.82) is 0 Å². The highest BCUT2D eigenvalue weighted by Crippen LogP contribution is 2.68. The molecular formula is C46H56N4O8. The van der Waals surface area contributed by atoms with E-state index in [1.807, 2.05) is 37.1 Å². The molecule has 3 aromatic rings. The lowest BCUT2D eigenvalue weighted by atomic mass is 9.47. The molecule has 2 bridgehead atoms. The van der Waals surface area contributed by atoms with Crippen LogP contribution in [0.5, 0.6) is 5.75 Å². The number of hydrogen-bond acceptors (Lipinski definition) is 11. The summed E-state index contributed by atoms with van der Waals surface area (Å²) in [7, 11) is 6.24. The molecule has 1 aromatic heterocycles. The van der Waals surface area contributed by atoms with Gasteiger partial charge in [0, 0.05) is 90.9 Å². The molecule has 1 saturated carbocycles. The van der Waals surface area contributed by atoms with E-state index in [1.54, 1.807) is 7.11 Å². The Morgan fingerprint density at radius 2 is 1.78 bits per heavy atom. The summed E-state index contributed by atoms with van der Waals surface area (Å²) in [5.41, 5.74) is 1.10. The molecule has 5 aliphatic heterocycles. The number of aromatic amines is 1.